The molecule has 1 heterocycles. The number of benzene rings is 1. The average molecular weight is 559 g/mol. The van der Waals surface area contributed by atoms with Gasteiger partial charge in [-0.3, -0.25) is 14.5 Å². The minimum absolute atomic E-state index is 0.00149. The fourth-order valence-electron chi connectivity index (χ4n) is 5.29. The Hall–Kier alpha value is -2.40. The van der Waals surface area contributed by atoms with E-state index in [0.29, 0.717) is 5.41 Å². The van der Waals surface area contributed by atoms with Crippen molar-refractivity contribution in [3.05, 3.63) is 48.5 Å². The lowest BCUT2D eigenvalue weighted by molar-refractivity contribution is -0.132. The normalized spacial score (nSPS) is 19.9. The first kappa shape index (κ1) is 27.6. The summed E-state index contributed by atoms with van der Waals surface area (Å²) < 4.78 is 52.7. The van der Waals surface area contributed by atoms with Crippen LogP contribution < -0.4 is 10.2 Å². The molecular formula is C25H27ClF4N4O2S. The van der Waals surface area contributed by atoms with Gasteiger partial charge in [-0.25, -0.2) is 14.4 Å². The molecule has 1 N–H and O–H groups in total. The average Bonchev–Trinajstić information content (AvgIpc) is 2.84. The van der Waals surface area contributed by atoms with E-state index in [1.165, 1.54) is 57.0 Å². The van der Waals surface area contributed by atoms with Gasteiger partial charge in [0.15, 0.2) is 5.54 Å². The zero-order valence-corrected chi connectivity index (χ0v) is 21.7. The lowest BCUT2D eigenvalue weighted by Gasteiger charge is -2.48. The minimum Gasteiger partial charge on any atom is -0.351 e. The molecule has 0 saturated heterocycles. The quantitative estimate of drug-likeness (QED) is 0.252. The molecule has 6 nitrogen and oxygen atoms in total. The van der Waals surface area contributed by atoms with Gasteiger partial charge in [0.05, 0.1) is 0 Å². The lowest BCUT2D eigenvalue weighted by Crippen LogP contribution is -2.60. The van der Waals surface area contributed by atoms with Crippen LogP contribution in [-0.2, 0) is 15.1 Å². The summed E-state index contributed by atoms with van der Waals surface area (Å²) in [6.45, 7) is 1.42. The van der Waals surface area contributed by atoms with Crippen LogP contribution in [0.2, 0.25) is 0 Å². The van der Waals surface area contributed by atoms with Crippen LogP contribution in [-0.4, -0.2) is 39.0 Å². The molecule has 12 heteroatoms. The molecule has 2 aliphatic rings. The number of aromatic nitrogens is 2. The molecule has 2 amide bonds. The number of thioether (sulfide) groups is 1. The first-order chi connectivity index (χ1) is 17.4. The molecule has 0 bridgehead atoms. The number of anilines is 1. The van der Waals surface area contributed by atoms with Crippen molar-refractivity contribution >= 4 is 40.9 Å². The Bertz CT molecular complexity index is 1110. The molecule has 2 atom stereocenters. The molecule has 1 aromatic carbocycles. The molecule has 0 unspecified atom stereocenters. The van der Waals surface area contributed by atoms with E-state index in [4.69, 9.17) is 11.6 Å². The number of halogens is 5. The van der Waals surface area contributed by atoms with Gasteiger partial charge in [-0.15, -0.1) is 0 Å². The van der Waals surface area contributed by atoms with E-state index in [1.807, 2.05) is 0 Å². The Kier molecular flexibility index (Phi) is 8.04. The number of amides is 2. The third-order valence-electron chi connectivity index (χ3n) is 7.54. The second-order valence-corrected chi connectivity index (χ2v) is 11.3. The van der Waals surface area contributed by atoms with Crippen LogP contribution in [0.3, 0.4) is 0 Å². The van der Waals surface area contributed by atoms with E-state index < -0.39 is 28.5 Å². The highest BCUT2D eigenvalue weighted by molar-refractivity contribution is 8.00. The number of hydrogen-bond donors (Lipinski definition) is 1. The van der Waals surface area contributed by atoms with Crippen molar-refractivity contribution in [2.75, 3.05) is 4.90 Å². The number of carbonyl (C=O) groups is 2. The van der Waals surface area contributed by atoms with E-state index in [1.54, 1.807) is 0 Å². The van der Waals surface area contributed by atoms with Crippen LogP contribution in [0.15, 0.2) is 47.9 Å². The van der Waals surface area contributed by atoms with Crippen molar-refractivity contribution in [1.82, 2.24) is 15.3 Å². The van der Waals surface area contributed by atoms with Gasteiger partial charge in [-0.2, -0.15) is 13.2 Å². The fraction of sp³-hybridized carbons (Fsp3) is 0.520. The van der Waals surface area contributed by atoms with E-state index in [9.17, 15) is 27.2 Å². The molecular weight excluding hydrogens is 532 g/mol. The second kappa shape index (κ2) is 10.8. The highest BCUT2D eigenvalue weighted by Gasteiger charge is 2.48. The zero-order chi connectivity index (χ0) is 26.8. The van der Waals surface area contributed by atoms with Gasteiger partial charge in [0.1, 0.15) is 6.33 Å². The topological polar surface area (TPSA) is 75.2 Å². The summed E-state index contributed by atoms with van der Waals surface area (Å²) in [5, 5.41) is 3.02. The summed E-state index contributed by atoms with van der Waals surface area (Å²) in [7, 11) is 0. The summed E-state index contributed by atoms with van der Waals surface area (Å²) in [4.78, 5) is 35.7. The molecule has 37 heavy (non-hydrogen) atoms. The Morgan fingerprint density at radius 3 is 2.19 bits per heavy atom. The van der Waals surface area contributed by atoms with Crippen molar-refractivity contribution in [3.8, 4) is 0 Å². The van der Waals surface area contributed by atoms with Gasteiger partial charge in [-0.05, 0) is 86.9 Å². The second-order valence-electron chi connectivity index (χ2n) is 9.82. The first-order valence-electron chi connectivity index (χ1n) is 12.0. The van der Waals surface area contributed by atoms with Gasteiger partial charge in [0.25, 0.3) is 17.4 Å². The lowest BCUT2D eigenvalue weighted by atomic mass is 9.60. The third kappa shape index (κ3) is 6.03. The summed E-state index contributed by atoms with van der Waals surface area (Å²) in [5.41, 5.74) is -8.30. The molecule has 4 rings (SSSR count). The molecule has 0 aliphatic heterocycles. The Morgan fingerprint density at radius 1 is 1.11 bits per heavy atom. The van der Waals surface area contributed by atoms with E-state index >= 15 is 0 Å². The molecule has 2 aliphatic carbocycles. The van der Waals surface area contributed by atoms with Gasteiger partial charge in [-0.1, -0.05) is 18.0 Å². The van der Waals surface area contributed by atoms with E-state index in [2.05, 4.69) is 15.3 Å². The summed E-state index contributed by atoms with van der Waals surface area (Å²) >= 11 is 5.23. The van der Waals surface area contributed by atoms with Crippen molar-refractivity contribution in [1.29, 1.82) is 0 Å². The smallest absolute Gasteiger partial charge is 0.351 e. The standard InChI is InChI=1S/C25H27ClF4N4O2S/c1-23(16-13-31-15-32-14-16,22(36)33-17-7-11-24(12-8-17)9-2-10-24)34(21(35)20(26)27)18-3-5-19(6-4-18)37-25(28,29)30/h3-6,13-15,17,20H,2,7-12H2,1H3,(H,33,36)/t20-,23-/m0/s1. The number of nitrogens with one attached hydrogen (secondary N) is 1. The van der Waals surface area contributed by atoms with Crippen LogP contribution in [0.25, 0.3) is 0 Å². The van der Waals surface area contributed by atoms with Crippen molar-refractivity contribution in [2.45, 2.75) is 79.5 Å². The van der Waals surface area contributed by atoms with Gasteiger partial charge in [0.2, 0.25) is 0 Å². The Balaban J connectivity index is 1.68. The Labute approximate surface area is 221 Å². The van der Waals surface area contributed by atoms with Gasteiger partial charge < -0.3 is 5.32 Å². The minimum atomic E-state index is -4.51. The summed E-state index contributed by atoms with van der Waals surface area (Å²) in [6, 6.07) is 4.60. The molecule has 0 radical (unpaired) electrons. The molecule has 200 valence electrons. The molecule has 2 fully saturated rings. The third-order valence-corrected chi connectivity index (χ3v) is 8.47. The number of hydrogen-bond acceptors (Lipinski definition) is 5. The van der Waals surface area contributed by atoms with Crippen molar-refractivity contribution in [2.24, 2.45) is 5.41 Å². The first-order valence-corrected chi connectivity index (χ1v) is 13.2. The fourth-order valence-corrected chi connectivity index (χ4v) is 5.93. The largest absolute Gasteiger partial charge is 0.446 e. The predicted octanol–water partition coefficient (Wildman–Crippen LogP) is 6.10. The summed E-state index contributed by atoms with van der Waals surface area (Å²) in [5.74, 6) is -1.83. The van der Waals surface area contributed by atoms with E-state index in [-0.39, 0.29) is 34.0 Å². The molecule has 1 aromatic heterocycles. The zero-order valence-electron chi connectivity index (χ0n) is 20.1. The van der Waals surface area contributed by atoms with Crippen LogP contribution in [0.1, 0.15) is 57.4 Å². The number of carbonyl (C=O) groups excluding carboxylic acids is 2. The maximum absolute atomic E-state index is 14.3. The van der Waals surface area contributed by atoms with Crippen LogP contribution in [0, 0.1) is 5.41 Å². The van der Waals surface area contributed by atoms with Crippen molar-refractivity contribution in [3.63, 3.8) is 0 Å². The highest BCUT2D eigenvalue weighted by Crippen LogP contribution is 2.51. The van der Waals surface area contributed by atoms with Gasteiger partial charge >= 0.3 is 5.51 Å². The Morgan fingerprint density at radius 2 is 1.70 bits per heavy atom. The highest BCUT2D eigenvalue weighted by atomic mass is 35.5. The van der Waals surface area contributed by atoms with Crippen LogP contribution >= 0.6 is 23.4 Å². The molecule has 2 saturated carbocycles. The number of alkyl halides is 5. The maximum Gasteiger partial charge on any atom is 0.446 e. The van der Waals surface area contributed by atoms with Crippen LogP contribution in [0.4, 0.5) is 23.2 Å². The van der Waals surface area contributed by atoms with Gasteiger partial charge in [0, 0.05) is 34.6 Å². The number of nitrogens with zero attached hydrogens (tertiary/aromatic N) is 3. The molecule has 2 aromatic rings. The monoisotopic (exact) mass is 558 g/mol. The maximum atomic E-state index is 14.3. The summed E-state index contributed by atoms with van der Waals surface area (Å²) in [6.07, 6.45) is 11.1. The number of rotatable bonds is 7. The predicted molar refractivity (Wildman–Crippen MR) is 133 cm³/mol. The van der Waals surface area contributed by atoms with Crippen molar-refractivity contribution < 1.29 is 27.2 Å². The van der Waals surface area contributed by atoms with Crippen LogP contribution in [0.5, 0.6) is 0 Å². The molecule has 1 spiro atoms. The SMILES string of the molecule is C[C@@](C(=O)NC1CCC2(CCC2)CC1)(c1cncnc1)N(C(=O)[C@H](F)Cl)c1ccc(SC(F)(F)F)cc1. The van der Waals surface area contributed by atoms with E-state index in [0.717, 1.165) is 42.7 Å².